The molecule has 4 heteroatoms. The van der Waals surface area contributed by atoms with Crippen LogP contribution in [-0.2, 0) is 0 Å². The molecule has 0 fully saturated rings. The smallest absolute Gasteiger partial charge is 0.306 e. The summed E-state index contributed by atoms with van der Waals surface area (Å²) in [5.41, 5.74) is 5.45. The van der Waals surface area contributed by atoms with Gasteiger partial charge in [0, 0.05) is 10.6 Å². The third-order valence-electron chi connectivity index (χ3n) is 3.90. The number of aromatic amines is 2. The van der Waals surface area contributed by atoms with Crippen LogP contribution in [0.3, 0.4) is 0 Å². The molecule has 112 valence electrons. The van der Waals surface area contributed by atoms with Crippen molar-refractivity contribution < 1.29 is 0 Å². The molecule has 0 aliphatic heterocycles. The second kappa shape index (κ2) is 5.45. The Balaban J connectivity index is 1.98. The second-order valence-electron chi connectivity index (χ2n) is 5.37. The number of aromatic nitrogens is 2. The summed E-state index contributed by atoms with van der Waals surface area (Å²) in [7, 11) is 0. The Morgan fingerprint density at radius 3 is 2.35 bits per heavy atom. The Morgan fingerprint density at radius 1 is 0.739 bits per heavy atom. The molecule has 0 aliphatic carbocycles. The van der Waals surface area contributed by atoms with Crippen molar-refractivity contribution in [2.45, 2.75) is 0 Å². The fourth-order valence-electron chi connectivity index (χ4n) is 2.86. The predicted octanol–water partition coefficient (Wildman–Crippen LogP) is 4.84. The van der Waals surface area contributed by atoms with E-state index in [0.717, 1.165) is 33.3 Å². The average Bonchev–Trinajstić information content (AvgIpc) is 2.94. The lowest BCUT2D eigenvalue weighted by Gasteiger charge is -2.12. The van der Waals surface area contributed by atoms with Gasteiger partial charge in [0.25, 0.3) is 0 Å². The number of benzene rings is 3. The first-order valence-electron chi connectivity index (χ1n) is 7.29. The van der Waals surface area contributed by atoms with E-state index in [4.69, 9.17) is 11.6 Å². The molecule has 0 radical (unpaired) electrons. The maximum Gasteiger partial charge on any atom is 0.323 e. The van der Waals surface area contributed by atoms with Crippen LogP contribution in [0, 0.1) is 0 Å². The summed E-state index contributed by atoms with van der Waals surface area (Å²) in [4.78, 5) is 17.0. The molecular weight excluding hydrogens is 308 g/mol. The van der Waals surface area contributed by atoms with E-state index in [9.17, 15) is 4.79 Å². The van der Waals surface area contributed by atoms with E-state index in [2.05, 4.69) is 28.2 Å². The monoisotopic (exact) mass is 320 g/mol. The van der Waals surface area contributed by atoms with Crippen LogP contribution in [0.2, 0.25) is 5.02 Å². The van der Waals surface area contributed by atoms with Crippen molar-refractivity contribution in [1.82, 2.24) is 9.97 Å². The number of rotatable bonds is 2. The van der Waals surface area contributed by atoms with Gasteiger partial charge in [0.2, 0.25) is 0 Å². The SMILES string of the molecule is O=c1[nH]c2ccc(-c3c(Cl)cccc3-c3ccccc3)cc2[nH]1. The minimum absolute atomic E-state index is 0.209. The molecule has 0 spiro atoms. The summed E-state index contributed by atoms with van der Waals surface area (Å²) in [6.45, 7) is 0. The number of nitrogens with one attached hydrogen (secondary N) is 2. The summed E-state index contributed by atoms with van der Waals surface area (Å²) < 4.78 is 0. The summed E-state index contributed by atoms with van der Waals surface area (Å²) in [5, 5.41) is 0.684. The molecule has 2 N–H and O–H groups in total. The van der Waals surface area contributed by atoms with Gasteiger partial charge in [0.1, 0.15) is 0 Å². The lowest BCUT2D eigenvalue weighted by atomic mass is 9.94. The standard InChI is InChI=1S/C19H13ClN2O/c20-15-8-4-7-14(12-5-2-1-3-6-12)18(15)13-9-10-16-17(11-13)22-19(23)21-16/h1-11H,(H2,21,22,23). The summed E-state index contributed by atoms with van der Waals surface area (Å²) in [6, 6.07) is 21.8. The fourth-order valence-corrected chi connectivity index (χ4v) is 3.15. The van der Waals surface area contributed by atoms with Crippen molar-refractivity contribution in [1.29, 1.82) is 0 Å². The van der Waals surface area contributed by atoms with Gasteiger partial charge in [0.15, 0.2) is 0 Å². The van der Waals surface area contributed by atoms with Crippen LogP contribution in [0.1, 0.15) is 0 Å². The molecule has 3 nitrogen and oxygen atoms in total. The van der Waals surface area contributed by atoms with Crippen molar-refractivity contribution in [3.8, 4) is 22.3 Å². The van der Waals surface area contributed by atoms with Gasteiger partial charge in [0.05, 0.1) is 11.0 Å². The number of imidazole rings is 1. The van der Waals surface area contributed by atoms with Gasteiger partial charge in [-0.2, -0.15) is 0 Å². The molecule has 1 heterocycles. The third kappa shape index (κ3) is 2.45. The van der Waals surface area contributed by atoms with E-state index in [-0.39, 0.29) is 5.69 Å². The first-order chi connectivity index (χ1) is 11.2. The summed E-state index contributed by atoms with van der Waals surface area (Å²) in [5.74, 6) is 0. The topological polar surface area (TPSA) is 48.6 Å². The summed E-state index contributed by atoms with van der Waals surface area (Å²) >= 11 is 6.49. The van der Waals surface area contributed by atoms with Crippen molar-refractivity contribution in [3.05, 3.63) is 82.2 Å². The molecule has 4 aromatic rings. The average molecular weight is 321 g/mol. The number of halogens is 1. The highest BCUT2D eigenvalue weighted by molar-refractivity contribution is 6.34. The Kier molecular flexibility index (Phi) is 3.28. The quantitative estimate of drug-likeness (QED) is 0.545. The molecule has 23 heavy (non-hydrogen) atoms. The molecule has 0 amide bonds. The number of fused-ring (bicyclic) bond motifs is 1. The van der Waals surface area contributed by atoms with E-state index in [1.807, 2.05) is 48.5 Å². The van der Waals surface area contributed by atoms with E-state index in [1.165, 1.54) is 0 Å². The third-order valence-corrected chi connectivity index (χ3v) is 4.22. The molecule has 0 saturated heterocycles. The second-order valence-corrected chi connectivity index (χ2v) is 5.78. The van der Waals surface area contributed by atoms with E-state index in [0.29, 0.717) is 5.02 Å². The zero-order chi connectivity index (χ0) is 15.8. The van der Waals surface area contributed by atoms with E-state index < -0.39 is 0 Å². The largest absolute Gasteiger partial charge is 0.323 e. The Bertz CT molecular complexity index is 1050. The minimum Gasteiger partial charge on any atom is -0.306 e. The molecule has 0 unspecified atom stereocenters. The number of hydrogen-bond donors (Lipinski definition) is 2. The van der Waals surface area contributed by atoms with Crippen molar-refractivity contribution in [2.24, 2.45) is 0 Å². The molecule has 0 aliphatic rings. The van der Waals surface area contributed by atoms with Crippen molar-refractivity contribution >= 4 is 22.6 Å². The normalized spacial score (nSPS) is 11.0. The van der Waals surface area contributed by atoms with Gasteiger partial charge < -0.3 is 9.97 Å². The molecule has 0 bridgehead atoms. The number of hydrogen-bond acceptors (Lipinski definition) is 1. The molecule has 3 aromatic carbocycles. The van der Waals surface area contributed by atoms with Gasteiger partial charge in [-0.25, -0.2) is 4.79 Å². The molecule has 0 saturated carbocycles. The van der Waals surface area contributed by atoms with Crippen LogP contribution in [0.5, 0.6) is 0 Å². The molecule has 1 aromatic heterocycles. The molecule has 0 atom stereocenters. The zero-order valence-electron chi connectivity index (χ0n) is 12.1. The van der Waals surface area contributed by atoms with Crippen LogP contribution < -0.4 is 5.69 Å². The van der Waals surface area contributed by atoms with Crippen LogP contribution in [0.4, 0.5) is 0 Å². The highest BCUT2D eigenvalue weighted by Crippen LogP contribution is 2.38. The highest BCUT2D eigenvalue weighted by Gasteiger charge is 2.12. The van der Waals surface area contributed by atoms with Gasteiger partial charge in [-0.15, -0.1) is 0 Å². The van der Waals surface area contributed by atoms with Crippen LogP contribution in [0.15, 0.2) is 71.5 Å². The van der Waals surface area contributed by atoms with Gasteiger partial charge in [-0.05, 0) is 34.9 Å². The van der Waals surface area contributed by atoms with E-state index >= 15 is 0 Å². The minimum atomic E-state index is -0.209. The van der Waals surface area contributed by atoms with Crippen LogP contribution >= 0.6 is 11.6 Å². The molecular formula is C19H13ClN2O. The zero-order valence-corrected chi connectivity index (χ0v) is 12.9. The highest BCUT2D eigenvalue weighted by atomic mass is 35.5. The lowest BCUT2D eigenvalue weighted by molar-refractivity contribution is 1.22. The maximum atomic E-state index is 11.5. The Morgan fingerprint density at radius 2 is 1.52 bits per heavy atom. The first-order valence-corrected chi connectivity index (χ1v) is 7.66. The first kappa shape index (κ1) is 13.9. The number of H-pyrrole nitrogens is 2. The van der Waals surface area contributed by atoms with Gasteiger partial charge in [-0.1, -0.05) is 60.1 Å². The van der Waals surface area contributed by atoms with Crippen LogP contribution in [0.25, 0.3) is 33.3 Å². The van der Waals surface area contributed by atoms with Gasteiger partial charge >= 0.3 is 5.69 Å². The summed E-state index contributed by atoms with van der Waals surface area (Å²) in [6.07, 6.45) is 0. The predicted molar refractivity (Wildman–Crippen MR) is 94.8 cm³/mol. The fraction of sp³-hybridized carbons (Fsp3) is 0. The Labute approximate surface area is 137 Å². The lowest BCUT2D eigenvalue weighted by Crippen LogP contribution is -1.99. The Hall–Kier alpha value is -2.78. The maximum absolute atomic E-state index is 11.5. The van der Waals surface area contributed by atoms with Crippen molar-refractivity contribution in [3.63, 3.8) is 0 Å². The van der Waals surface area contributed by atoms with Crippen molar-refractivity contribution in [2.75, 3.05) is 0 Å². The van der Waals surface area contributed by atoms with Crippen LogP contribution in [-0.4, -0.2) is 9.97 Å². The van der Waals surface area contributed by atoms with E-state index in [1.54, 1.807) is 0 Å². The van der Waals surface area contributed by atoms with Gasteiger partial charge in [-0.3, -0.25) is 0 Å². The molecule has 4 rings (SSSR count).